The maximum Gasteiger partial charge on any atom is 0.0185 e. The molecular weight excluding hydrogens is 146 g/mol. The average Bonchev–Trinajstić information content (AvgIpc) is 1.94. The maximum atomic E-state index is 5.95. The smallest absolute Gasteiger partial charge is 0.0185 e. The molecule has 1 aliphatic carbocycles. The maximum absolute atomic E-state index is 5.95. The van der Waals surface area contributed by atoms with Gasteiger partial charge in [-0.15, -0.1) is 0 Å². The average molecular weight is 160 g/mol. The molecule has 1 rings (SSSR count). The van der Waals surface area contributed by atoms with Gasteiger partial charge in [-0.1, -0.05) is 18.5 Å². The van der Waals surface area contributed by atoms with Crippen molar-refractivity contribution in [2.75, 3.05) is 6.54 Å². The van der Waals surface area contributed by atoms with E-state index in [1.807, 2.05) is 0 Å². The minimum atomic E-state index is 0.642. The van der Waals surface area contributed by atoms with Gasteiger partial charge in [-0.05, 0) is 30.8 Å². The van der Waals surface area contributed by atoms with Gasteiger partial charge in [0, 0.05) is 11.6 Å². The molecule has 0 saturated heterocycles. The van der Waals surface area contributed by atoms with E-state index in [0.29, 0.717) is 6.54 Å². The molecule has 0 amide bonds. The molecule has 0 aliphatic heterocycles. The second-order valence-corrected chi connectivity index (χ2v) is 3.52. The number of allylic oxidation sites excluding steroid dienone is 1. The van der Waals surface area contributed by atoms with Gasteiger partial charge in [0.2, 0.25) is 0 Å². The summed E-state index contributed by atoms with van der Waals surface area (Å²) in [6, 6.07) is 0. The van der Waals surface area contributed by atoms with Gasteiger partial charge in [0.1, 0.15) is 0 Å². The lowest BCUT2D eigenvalue weighted by Crippen LogP contribution is -2.12. The molecule has 1 atom stereocenters. The van der Waals surface area contributed by atoms with Crippen LogP contribution < -0.4 is 5.73 Å². The van der Waals surface area contributed by atoms with Crippen molar-refractivity contribution >= 4 is 11.6 Å². The number of rotatable bonds is 1. The molecule has 0 aromatic rings. The van der Waals surface area contributed by atoms with Crippen molar-refractivity contribution in [3.05, 3.63) is 10.6 Å². The van der Waals surface area contributed by atoms with E-state index >= 15 is 0 Å². The van der Waals surface area contributed by atoms with E-state index in [4.69, 9.17) is 17.3 Å². The molecule has 0 fully saturated rings. The summed E-state index contributed by atoms with van der Waals surface area (Å²) in [5, 5.41) is 1.01. The van der Waals surface area contributed by atoms with Crippen molar-refractivity contribution in [1.29, 1.82) is 0 Å². The number of hydrogen-bond donors (Lipinski definition) is 1. The lowest BCUT2D eigenvalue weighted by Gasteiger charge is -2.20. The summed E-state index contributed by atoms with van der Waals surface area (Å²) < 4.78 is 0. The van der Waals surface area contributed by atoms with Crippen molar-refractivity contribution < 1.29 is 0 Å². The van der Waals surface area contributed by atoms with Crippen molar-refractivity contribution in [1.82, 2.24) is 0 Å². The molecule has 2 N–H and O–H groups in total. The Kier molecular flexibility index (Phi) is 2.75. The van der Waals surface area contributed by atoms with Crippen LogP contribution in [-0.4, -0.2) is 6.54 Å². The molecule has 0 aromatic carbocycles. The predicted octanol–water partition coefficient (Wildman–Crippen LogP) is 2.26. The Bertz CT molecular complexity index is 151. The highest BCUT2D eigenvalue weighted by Gasteiger charge is 2.14. The summed E-state index contributed by atoms with van der Waals surface area (Å²) in [4.78, 5) is 0. The first-order valence-electron chi connectivity index (χ1n) is 3.80. The Hall–Kier alpha value is -0.0100. The number of halogens is 1. The molecule has 0 radical (unpaired) electrons. The molecule has 2 heteroatoms. The minimum absolute atomic E-state index is 0.642. The van der Waals surface area contributed by atoms with Gasteiger partial charge < -0.3 is 5.73 Å². The van der Waals surface area contributed by atoms with Gasteiger partial charge in [0.05, 0.1) is 0 Å². The molecular formula is C8H14ClN. The van der Waals surface area contributed by atoms with Crippen molar-refractivity contribution in [3.63, 3.8) is 0 Å². The third kappa shape index (κ3) is 1.74. The van der Waals surface area contributed by atoms with Crippen molar-refractivity contribution in [2.45, 2.75) is 26.2 Å². The standard InChI is InChI=1S/C8H14ClN/c1-6-2-3-8(9)7(4-6)5-10/h6H,2-5,10H2,1H3. The molecule has 1 unspecified atom stereocenters. The van der Waals surface area contributed by atoms with Gasteiger partial charge >= 0.3 is 0 Å². The van der Waals surface area contributed by atoms with E-state index in [0.717, 1.165) is 23.8 Å². The largest absolute Gasteiger partial charge is 0.327 e. The van der Waals surface area contributed by atoms with Crippen molar-refractivity contribution in [2.24, 2.45) is 11.7 Å². The molecule has 0 spiro atoms. The minimum Gasteiger partial charge on any atom is -0.327 e. The van der Waals surface area contributed by atoms with Gasteiger partial charge in [0.25, 0.3) is 0 Å². The van der Waals surface area contributed by atoms with Gasteiger partial charge in [-0.25, -0.2) is 0 Å². The van der Waals surface area contributed by atoms with Crippen molar-refractivity contribution in [3.8, 4) is 0 Å². The Balaban J connectivity index is 2.62. The lowest BCUT2D eigenvalue weighted by atomic mass is 9.90. The van der Waals surface area contributed by atoms with E-state index in [9.17, 15) is 0 Å². The van der Waals surface area contributed by atoms with Crippen LogP contribution in [0.15, 0.2) is 10.6 Å². The SMILES string of the molecule is CC1CCC(Cl)=C(CN)C1. The monoisotopic (exact) mass is 159 g/mol. The normalized spacial score (nSPS) is 27.3. The zero-order valence-electron chi connectivity index (χ0n) is 6.36. The molecule has 10 heavy (non-hydrogen) atoms. The predicted molar refractivity (Wildman–Crippen MR) is 44.9 cm³/mol. The van der Waals surface area contributed by atoms with Crippen LogP contribution in [0.1, 0.15) is 26.2 Å². The summed E-state index contributed by atoms with van der Waals surface area (Å²) >= 11 is 5.95. The molecule has 0 aromatic heterocycles. The summed E-state index contributed by atoms with van der Waals surface area (Å²) in [7, 11) is 0. The van der Waals surface area contributed by atoms with Crippen LogP contribution in [0.3, 0.4) is 0 Å². The first-order chi connectivity index (χ1) is 4.74. The van der Waals surface area contributed by atoms with Crippen LogP contribution in [0.4, 0.5) is 0 Å². The lowest BCUT2D eigenvalue weighted by molar-refractivity contribution is 0.501. The Morgan fingerprint density at radius 2 is 2.40 bits per heavy atom. The zero-order chi connectivity index (χ0) is 7.56. The van der Waals surface area contributed by atoms with Crippen LogP contribution in [0, 0.1) is 5.92 Å². The van der Waals surface area contributed by atoms with E-state index < -0.39 is 0 Å². The van der Waals surface area contributed by atoms with Crippen LogP contribution in [0.2, 0.25) is 0 Å². The third-order valence-corrected chi connectivity index (χ3v) is 2.54. The fourth-order valence-corrected chi connectivity index (χ4v) is 1.64. The number of nitrogens with two attached hydrogens (primary N) is 1. The molecule has 0 bridgehead atoms. The summed E-state index contributed by atoms with van der Waals surface area (Å²) in [6.45, 7) is 2.89. The van der Waals surface area contributed by atoms with Gasteiger partial charge in [-0.2, -0.15) is 0 Å². The molecule has 1 aliphatic rings. The van der Waals surface area contributed by atoms with E-state index in [-0.39, 0.29) is 0 Å². The van der Waals surface area contributed by atoms with Crippen LogP contribution in [0.5, 0.6) is 0 Å². The summed E-state index contributed by atoms with van der Waals surface area (Å²) in [6.07, 6.45) is 3.37. The second kappa shape index (κ2) is 3.40. The summed E-state index contributed by atoms with van der Waals surface area (Å²) in [5.74, 6) is 0.779. The molecule has 1 nitrogen and oxygen atoms in total. The quantitative estimate of drug-likeness (QED) is 0.624. The van der Waals surface area contributed by atoms with E-state index in [2.05, 4.69) is 6.92 Å². The Morgan fingerprint density at radius 1 is 1.70 bits per heavy atom. The number of hydrogen-bond acceptors (Lipinski definition) is 1. The van der Waals surface area contributed by atoms with Gasteiger partial charge in [0.15, 0.2) is 0 Å². The molecule has 0 heterocycles. The fraction of sp³-hybridized carbons (Fsp3) is 0.750. The molecule has 58 valence electrons. The van der Waals surface area contributed by atoms with Crippen LogP contribution in [-0.2, 0) is 0 Å². The van der Waals surface area contributed by atoms with E-state index in [1.54, 1.807) is 0 Å². The van der Waals surface area contributed by atoms with E-state index in [1.165, 1.54) is 12.0 Å². The Morgan fingerprint density at radius 3 is 2.90 bits per heavy atom. The van der Waals surface area contributed by atoms with Crippen LogP contribution in [0.25, 0.3) is 0 Å². The fourth-order valence-electron chi connectivity index (χ4n) is 1.38. The topological polar surface area (TPSA) is 26.0 Å². The van der Waals surface area contributed by atoms with Crippen LogP contribution >= 0.6 is 11.6 Å². The first kappa shape index (κ1) is 8.09. The third-order valence-electron chi connectivity index (χ3n) is 2.08. The zero-order valence-corrected chi connectivity index (χ0v) is 7.12. The highest BCUT2D eigenvalue weighted by molar-refractivity contribution is 6.30. The highest BCUT2D eigenvalue weighted by Crippen LogP contribution is 2.30. The van der Waals surface area contributed by atoms with Gasteiger partial charge in [-0.3, -0.25) is 0 Å². The summed E-state index contributed by atoms with van der Waals surface area (Å²) in [5.41, 5.74) is 6.78. The molecule has 0 saturated carbocycles. The second-order valence-electron chi connectivity index (χ2n) is 3.06. The highest BCUT2D eigenvalue weighted by atomic mass is 35.5. The first-order valence-corrected chi connectivity index (χ1v) is 4.18. The Labute approximate surface area is 67.2 Å².